The number of benzene rings is 1. The summed E-state index contributed by atoms with van der Waals surface area (Å²) in [6, 6.07) is 4.48. The zero-order valence-corrected chi connectivity index (χ0v) is 13.0. The third-order valence-electron chi connectivity index (χ3n) is 4.15. The zero-order valence-electron chi connectivity index (χ0n) is 11.4. The first-order valence-electron chi connectivity index (χ1n) is 6.21. The van der Waals surface area contributed by atoms with Crippen LogP contribution in [0.4, 0.5) is 11.4 Å². The van der Waals surface area contributed by atoms with Gasteiger partial charge < -0.3 is 15.8 Å². The number of nitrogens with one attached hydrogen (secondary N) is 1. The average Bonchev–Trinajstić information content (AvgIpc) is 2.30. The van der Waals surface area contributed by atoms with Crippen LogP contribution in [0.5, 0.6) is 0 Å². The van der Waals surface area contributed by atoms with Crippen LogP contribution in [0.1, 0.15) is 25.8 Å². The molecule has 18 heavy (non-hydrogen) atoms. The summed E-state index contributed by atoms with van der Waals surface area (Å²) in [4.78, 5) is 0. The Bertz CT molecular complexity index is 459. The normalized spacial score (nSPS) is 25.6. The van der Waals surface area contributed by atoms with Crippen molar-refractivity contribution in [3.63, 3.8) is 0 Å². The molecule has 0 spiro atoms. The van der Waals surface area contributed by atoms with Crippen molar-refractivity contribution in [1.82, 2.24) is 0 Å². The lowest BCUT2D eigenvalue weighted by Gasteiger charge is -2.51. The molecule has 1 aromatic carbocycles. The van der Waals surface area contributed by atoms with Crippen molar-refractivity contribution >= 4 is 27.3 Å². The summed E-state index contributed by atoms with van der Waals surface area (Å²) in [7, 11) is 1.78. The van der Waals surface area contributed by atoms with Crippen LogP contribution in [0.3, 0.4) is 0 Å². The van der Waals surface area contributed by atoms with Crippen molar-refractivity contribution in [3.8, 4) is 0 Å². The lowest BCUT2D eigenvalue weighted by molar-refractivity contribution is -0.0794. The Morgan fingerprint density at radius 3 is 2.67 bits per heavy atom. The summed E-state index contributed by atoms with van der Waals surface area (Å²) in [6.07, 6.45) is 1.38. The molecule has 2 rings (SSSR count). The van der Waals surface area contributed by atoms with Gasteiger partial charge in [-0.15, -0.1) is 0 Å². The lowest BCUT2D eigenvalue weighted by Crippen LogP contribution is -2.57. The fourth-order valence-electron chi connectivity index (χ4n) is 2.53. The SMILES string of the molecule is COC1CC(Nc2cc(C)c(N)cc2Br)C1(C)C. The highest BCUT2D eigenvalue weighted by atomic mass is 79.9. The summed E-state index contributed by atoms with van der Waals surface area (Å²) < 4.78 is 6.49. The third kappa shape index (κ3) is 2.24. The Morgan fingerprint density at radius 2 is 2.11 bits per heavy atom. The number of methoxy groups -OCH3 is 1. The predicted molar refractivity (Wildman–Crippen MR) is 79.9 cm³/mol. The molecule has 1 saturated carbocycles. The number of ether oxygens (including phenoxy) is 1. The fraction of sp³-hybridized carbons (Fsp3) is 0.571. The summed E-state index contributed by atoms with van der Waals surface area (Å²) >= 11 is 3.56. The minimum Gasteiger partial charge on any atom is -0.398 e. The Balaban J connectivity index is 2.14. The van der Waals surface area contributed by atoms with Crippen molar-refractivity contribution in [2.45, 2.75) is 39.3 Å². The zero-order chi connectivity index (χ0) is 13.5. The van der Waals surface area contributed by atoms with Crippen molar-refractivity contribution in [2.24, 2.45) is 5.41 Å². The highest BCUT2D eigenvalue weighted by Crippen LogP contribution is 2.45. The van der Waals surface area contributed by atoms with Crippen LogP contribution in [0, 0.1) is 12.3 Å². The number of nitrogen functional groups attached to an aromatic ring is 1. The van der Waals surface area contributed by atoms with Gasteiger partial charge in [0.25, 0.3) is 0 Å². The van der Waals surface area contributed by atoms with Gasteiger partial charge in [0, 0.05) is 34.4 Å². The van der Waals surface area contributed by atoms with Crippen molar-refractivity contribution < 1.29 is 4.74 Å². The Morgan fingerprint density at radius 1 is 1.44 bits per heavy atom. The number of halogens is 1. The maximum absolute atomic E-state index is 5.89. The van der Waals surface area contributed by atoms with E-state index in [1.807, 2.05) is 13.0 Å². The summed E-state index contributed by atoms with van der Waals surface area (Å²) in [5.41, 5.74) is 9.06. The molecule has 0 saturated heterocycles. The first kappa shape index (κ1) is 13.7. The van der Waals surface area contributed by atoms with E-state index in [4.69, 9.17) is 10.5 Å². The second-order valence-electron chi connectivity index (χ2n) is 5.67. The minimum absolute atomic E-state index is 0.156. The molecule has 0 heterocycles. The van der Waals surface area contributed by atoms with Crippen LogP contribution in [-0.2, 0) is 4.74 Å². The standard InChI is InChI=1S/C14H21BrN2O/c1-8-5-11(9(15)6-10(8)16)17-12-7-13(18-4)14(12,2)3/h5-6,12-13,17H,7,16H2,1-4H3. The molecule has 1 aromatic rings. The van der Waals surface area contributed by atoms with E-state index in [0.29, 0.717) is 12.1 Å². The van der Waals surface area contributed by atoms with Gasteiger partial charge in [-0.3, -0.25) is 0 Å². The maximum Gasteiger partial charge on any atom is 0.0661 e. The molecule has 0 aliphatic heterocycles. The predicted octanol–water partition coefficient (Wildman–Crippen LogP) is 3.57. The van der Waals surface area contributed by atoms with Crippen molar-refractivity contribution in [1.29, 1.82) is 0 Å². The quantitative estimate of drug-likeness (QED) is 0.839. The largest absolute Gasteiger partial charge is 0.398 e. The summed E-state index contributed by atoms with van der Waals surface area (Å²) in [5, 5.41) is 3.59. The van der Waals surface area contributed by atoms with Crippen molar-refractivity contribution in [2.75, 3.05) is 18.2 Å². The van der Waals surface area contributed by atoms with Crippen LogP contribution >= 0.6 is 15.9 Å². The molecule has 0 bridgehead atoms. The van der Waals surface area contributed by atoms with E-state index < -0.39 is 0 Å². The smallest absolute Gasteiger partial charge is 0.0661 e. The van der Waals surface area contributed by atoms with Gasteiger partial charge >= 0.3 is 0 Å². The van der Waals surface area contributed by atoms with E-state index in [1.165, 1.54) is 0 Å². The molecule has 0 aromatic heterocycles. The van der Waals surface area contributed by atoms with Gasteiger partial charge in [0.1, 0.15) is 0 Å². The van der Waals surface area contributed by atoms with E-state index in [1.54, 1.807) is 7.11 Å². The second kappa shape index (κ2) is 4.74. The maximum atomic E-state index is 5.89. The first-order valence-corrected chi connectivity index (χ1v) is 7.00. The highest BCUT2D eigenvalue weighted by molar-refractivity contribution is 9.10. The van der Waals surface area contributed by atoms with Crippen LogP contribution in [0.15, 0.2) is 16.6 Å². The molecule has 1 fully saturated rings. The summed E-state index contributed by atoms with van der Waals surface area (Å²) in [6.45, 7) is 6.50. The molecule has 3 N–H and O–H groups in total. The van der Waals surface area contributed by atoms with Gasteiger partial charge in [-0.2, -0.15) is 0 Å². The van der Waals surface area contributed by atoms with E-state index in [9.17, 15) is 0 Å². The Hall–Kier alpha value is -0.740. The van der Waals surface area contributed by atoms with Crippen LogP contribution in [0.25, 0.3) is 0 Å². The molecule has 3 nitrogen and oxygen atoms in total. The highest BCUT2D eigenvalue weighted by Gasteiger charge is 2.48. The number of rotatable bonds is 3. The first-order chi connectivity index (χ1) is 8.36. The van der Waals surface area contributed by atoms with E-state index >= 15 is 0 Å². The molecule has 1 aliphatic carbocycles. The second-order valence-corrected chi connectivity index (χ2v) is 6.52. The molecule has 100 valence electrons. The Kier molecular flexibility index (Phi) is 3.60. The number of anilines is 2. The minimum atomic E-state index is 0.156. The van der Waals surface area contributed by atoms with Gasteiger partial charge in [-0.25, -0.2) is 0 Å². The molecule has 2 unspecified atom stereocenters. The molecule has 4 heteroatoms. The molecule has 0 amide bonds. The van der Waals surface area contributed by atoms with Gasteiger partial charge in [-0.05, 0) is 47.0 Å². The van der Waals surface area contributed by atoms with Crippen molar-refractivity contribution in [3.05, 3.63) is 22.2 Å². The van der Waals surface area contributed by atoms with Gasteiger partial charge in [0.2, 0.25) is 0 Å². The molecule has 2 atom stereocenters. The van der Waals surface area contributed by atoms with Crippen LogP contribution in [-0.4, -0.2) is 19.3 Å². The number of aryl methyl sites for hydroxylation is 1. The molecule has 1 aliphatic rings. The third-order valence-corrected chi connectivity index (χ3v) is 4.80. The van der Waals surface area contributed by atoms with Gasteiger partial charge in [-0.1, -0.05) is 13.8 Å². The number of hydrogen-bond donors (Lipinski definition) is 2. The van der Waals surface area contributed by atoms with E-state index in [2.05, 4.69) is 41.2 Å². The van der Waals surface area contributed by atoms with E-state index in [0.717, 1.165) is 27.8 Å². The lowest BCUT2D eigenvalue weighted by atomic mass is 9.64. The average molecular weight is 313 g/mol. The van der Waals surface area contributed by atoms with Gasteiger partial charge in [0.15, 0.2) is 0 Å². The molecule has 0 radical (unpaired) electrons. The molecular weight excluding hydrogens is 292 g/mol. The fourth-order valence-corrected chi connectivity index (χ4v) is 3.00. The van der Waals surface area contributed by atoms with E-state index in [-0.39, 0.29) is 5.41 Å². The number of hydrogen-bond acceptors (Lipinski definition) is 3. The van der Waals surface area contributed by atoms with Gasteiger partial charge in [0.05, 0.1) is 6.10 Å². The van der Waals surface area contributed by atoms with Crippen LogP contribution < -0.4 is 11.1 Å². The number of nitrogens with two attached hydrogens (primary N) is 1. The summed E-state index contributed by atoms with van der Waals surface area (Å²) in [5.74, 6) is 0. The molecular formula is C14H21BrN2O. The Labute approximate surface area is 117 Å². The monoisotopic (exact) mass is 312 g/mol. The van der Waals surface area contributed by atoms with Crippen LogP contribution in [0.2, 0.25) is 0 Å². The topological polar surface area (TPSA) is 47.3 Å².